The van der Waals surface area contributed by atoms with E-state index in [1.54, 1.807) is 0 Å². The van der Waals surface area contributed by atoms with Gasteiger partial charge >= 0.3 is 5.97 Å². The summed E-state index contributed by atoms with van der Waals surface area (Å²) in [6.45, 7) is 8.71. The third-order valence-corrected chi connectivity index (χ3v) is 8.94. The van der Waals surface area contributed by atoms with Gasteiger partial charge in [0, 0.05) is 44.8 Å². The molecule has 6 rings (SSSR count). The molecule has 6 aromatic rings. The molecule has 0 aliphatic rings. The van der Waals surface area contributed by atoms with Crippen LogP contribution in [0, 0.1) is 6.92 Å². The van der Waals surface area contributed by atoms with E-state index in [9.17, 15) is 4.79 Å². The van der Waals surface area contributed by atoms with Crippen LogP contribution in [0.1, 0.15) is 62.6 Å². The molecule has 0 saturated carbocycles. The molecule has 0 aliphatic heterocycles. The molecule has 0 aliphatic carbocycles. The maximum Gasteiger partial charge on any atom is 0.377 e. The highest BCUT2D eigenvalue weighted by atomic mass is 32.1. The van der Waals surface area contributed by atoms with E-state index < -0.39 is 5.97 Å². The molecule has 1 atom stereocenters. The van der Waals surface area contributed by atoms with Gasteiger partial charge in [0.05, 0.1) is 35.0 Å². The van der Waals surface area contributed by atoms with Crippen LogP contribution in [-0.4, -0.2) is 28.0 Å². The Balaban J connectivity index is 1.17. The van der Waals surface area contributed by atoms with E-state index in [1.807, 2.05) is 79.7 Å². The second-order valence-corrected chi connectivity index (χ2v) is 12.8. The van der Waals surface area contributed by atoms with Gasteiger partial charge in [-0.05, 0) is 74.7 Å². The molecule has 0 bridgehead atoms. The van der Waals surface area contributed by atoms with E-state index in [0.717, 1.165) is 81.4 Å². The zero-order valence-electron chi connectivity index (χ0n) is 29.1. The number of ether oxygens (including phenoxy) is 1. The second kappa shape index (κ2) is 16.8. The first-order valence-corrected chi connectivity index (χ1v) is 17.9. The minimum absolute atomic E-state index is 0.00452. The first-order chi connectivity index (χ1) is 24.9. The highest BCUT2D eigenvalue weighted by Crippen LogP contribution is 2.38. The first-order valence-electron chi connectivity index (χ1n) is 17.1. The zero-order chi connectivity index (χ0) is 35.6. The molecular weight excluding hydrogens is 659 g/mol. The lowest BCUT2D eigenvalue weighted by Gasteiger charge is -2.15. The Hall–Kier alpha value is -5.75. The summed E-state index contributed by atoms with van der Waals surface area (Å²) in [5.41, 5.74) is 5.52. The Labute approximate surface area is 300 Å². The lowest BCUT2D eigenvalue weighted by atomic mass is 10.1. The summed E-state index contributed by atoms with van der Waals surface area (Å²) in [5, 5.41) is 34.8. The van der Waals surface area contributed by atoms with Gasteiger partial charge in [0.2, 0.25) is 5.13 Å². The van der Waals surface area contributed by atoms with Gasteiger partial charge in [-0.25, -0.2) is 4.79 Å². The van der Waals surface area contributed by atoms with Crippen molar-refractivity contribution in [3.63, 3.8) is 0 Å². The molecule has 258 valence electrons. The number of carbonyl (C=O) groups excluding carboxylic acids is 1. The van der Waals surface area contributed by atoms with Crippen molar-refractivity contribution in [2.45, 2.75) is 59.4 Å². The number of aromatic nitrogens is 2. The van der Waals surface area contributed by atoms with Gasteiger partial charge in [-0.15, -0.1) is 25.6 Å². The van der Waals surface area contributed by atoms with E-state index >= 15 is 0 Å². The second-order valence-electron chi connectivity index (χ2n) is 12.1. The largest absolute Gasteiger partial charge is 0.460 e. The fourth-order valence-electron chi connectivity index (χ4n) is 5.36. The molecule has 1 aromatic heterocycles. The van der Waals surface area contributed by atoms with E-state index in [4.69, 9.17) is 15.0 Å². The molecule has 1 heterocycles. The van der Waals surface area contributed by atoms with Crippen LogP contribution in [0.4, 0.5) is 39.3 Å². The van der Waals surface area contributed by atoms with Crippen molar-refractivity contribution < 1.29 is 9.53 Å². The summed E-state index contributed by atoms with van der Waals surface area (Å²) in [6, 6.07) is 30.0. The number of rotatable bonds is 14. The molecule has 5 aromatic carbocycles. The minimum Gasteiger partial charge on any atom is -0.460 e. The number of aryl methyl sites for hydroxylation is 1. The van der Waals surface area contributed by atoms with Crippen molar-refractivity contribution in [2.75, 3.05) is 11.9 Å². The molecule has 51 heavy (non-hydrogen) atoms. The molecule has 1 N–H and O–H groups in total. The van der Waals surface area contributed by atoms with Gasteiger partial charge in [-0.2, -0.15) is 14.5 Å². The van der Waals surface area contributed by atoms with E-state index in [1.165, 1.54) is 0 Å². The van der Waals surface area contributed by atoms with Crippen molar-refractivity contribution in [3.05, 3.63) is 102 Å². The zero-order valence-corrected chi connectivity index (χ0v) is 29.9. The molecule has 1 unspecified atom stereocenters. The average molecular weight is 698 g/mol. The number of anilines is 1. The smallest absolute Gasteiger partial charge is 0.377 e. The third-order valence-electron chi connectivity index (χ3n) is 8.33. The van der Waals surface area contributed by atoms with Crippen molar-refractivity contribution in [1.29, 1.82) is 0 Å². The monoisotopic (exact) mass is 697 g/mol. The summed E-state index contributed by atoms with van der Waals surface area (Å²) in [7, 11) is 0. The van der Waals surface area contributed by atoms with Crippen LogP contribution in [0.15, 0.2) is 122 Å². The molecule has 0 fully saturated rings. The first kappa shape index (κ1) is 35.1. The van der Waals surface area contributed by atoms with Gasteiger partial charge in [-0.3, -0.25) is 0 Å². The van der Waals surface area contributed by atoms with Crippen LogP contribution >= 0.6 is 11.5 Å². The Kier molecular flexibility index (Phi) is 11.5. The number of fused-ring (bicyclic) bond motifs is 2. The summed E-state index contributed by atoms with van der Waals surface area (Å²) < 4.78 is 9.27. The van der Waals surface area contributed by atoms with Crippen molar-refractivity contribution in [3.8, 4) is 0 Å². The standard InChI is InChI=1S/C39H39N9O2S/c1-5-7-12-23-50-38(49)37-41-39(51-48-37)47-43-32-18-17-27(24-25(32)3)42-44-34-21-22-36(31-16-11-10-15-30(31)34)46-45-35-20-19-33(40-26(4)6-2)28-13-8-9-14-29(28)35/h8-11,13-22,24,26,40H,5-7,12,23H2,1-4H3. The van der Waals surface area contributed by atoms with Crippen molar-refractivity contribution >= 4 is 78.3 Å². The lowest BCUT2D eigenvalue weighted by molar-refractivity contribution is 0.0485. The number of nitrogens with zero attached hydrogens (tertiary/aromatic N) is 8. The molecular formula is C39H39N9O2S. The summed E-state index contributed by atoms with van der Waals surface area (Å²) >= 11 is 0.991. The van der Waals surface area contributed by atoms with E-state index in [0.29, 0.717) is 29.7 Å². The van der Waals surface area contributed by atoms with Gasteiger partial charge in [0.25, 0.3) is 5.82 Å². The predicted octanol–water partition coefficient (Wildman–Crippen LogP) is 13.0. The average Bonchev–Trinajstić information content (AvgIpc) is 3.64. The number of unbranched alkanes of at least 4 members (excludes halogenated alkanes) is 2. The Bertz CT molecular complexity index is 2250. The number of esters is 1. The Morgan fingerprint density at radius 2 is 1.33 bits per heavy atom. The highest BCUT2D eigenvalue weighted by molar-refractivity contribution is 7.09. The molecule has 0 saturated heterocycles. The van der Waals surface area contributed by atoms with Gasteiger partial charge in [0.15, 0.2) is 0 Å². The summed E-state index contributed by atoms with van der Waals surface area (Å²) in [4.78, 5) is 16.3. The van der Waals surface area contributed by atoms with Crippen LogP contribution in [0.25, 0.3) is 21.5 Å². The number of nitrogens with one attached hydrogen (secondary N) is 1. The lowest BCUT2D eigenvalue weighted by Crippen LogP contribution is -2.13. The van der Waals surface area contributed by atoms with Crippen LogP contribution in [-0.2, 0) is 4.74 Å². The van der Waals surface area contributed by atoms with Gasteiger partial charge < -0.3 is 10.1 Å². The van der Waals surface area contributed by atoms with E-state index in [2.05, 4.69) is 74.1 Å². The fraction of sp³-hybridized carbons (Fsp3) is 0.256. The highest BCUT2D eigenvalue weighted by Gasteiger charge is 2.14. The number of hydrogen-bond acceptors (Lipinski definition) is 12. The summed E-state index contributed by atoms with van der Waals surface area (Å²) in [6.07, 6.45) is 3.90. The molecule has 0 amide bonds. The van der Waals surface area contributed by atoms with Crippen LogP contribution in [0.5, 0.6) is 0 Å². The van der Waals surface area contributed by atoms with Crippen molar-refractivity contribution in [2.24, 2.45) is 30.7 Å². The van der Waals surface area contributed by atoms with Gasteiger partial charge in [0.1, 0.15) is 0 Å². The molecule has 12 heteroatoms. The number of benzene rings is 5. The Morgan fingerprint density at radius 1 is 0.745 bits per heavy atom. The normalized spacial score (nSPS) is 12.5. The maximum absolute atomic E-state index is 12.2. The van der Waals surface area contributed by atoms with Crippen LogP contribution < -0.4 is 5.32 Å². The fourth-order valence-corrected chi connectivity index (χ4v) is 5.84. The van der Waals surface area contributed by atoms with Crippen LogP contribution in [0.2, 0.25) is 0 Å². The molecule has 0 radical (unpaired) electrons. The Morgan fingerprint density at radius 3 is 1.98 bits per heavy atom. The van der Waals surface area contributed by atoms with Crippen molar-refractivity contribution in [1.82, 2.24) is 9.36 Å². The third kappa shape index (κ3) is 8.71. The molecule has 0 spiro atoms. The topological polar surface area (TPSA) is 138 Å². The quantitative estimate of drug-likeness (QED) is 0.0685. The summed E-state index contributed by atoms with van der Waals surface area (Å²) in [5.74, 6) is -0.554. The number of azo groups is 3. The van der Waals surface area contributed by atoms with Gasteiger partial charge in [-0.1, -0.05) is 75.2 Å². The predicted molar refractivity (Wildman–Crippen MR) is 205 cm³/mol. The minimum atomic E-state index is -0.550. The SMILES string of the molecule is CCCCCOC(=O)c1nsc(N=Nc2ccc(N=Nc3ccc(N=Nc4ccc(NC(C)CC)c5ccccc45)c4ccccc34)cc2C)n1. The van der Waals surface area contributed by atoms with Crippen LogP contribution in [0.3, 0.4) is 0 Å². The maximum atomic E-state index is 12.2. The van der Waals surface area contributed by atoms with E-state index in [-0.39, 0.29) is 11.0 Å². The number of carbonyl (C=O) groups is 1. The molecule has 11 nitrogen and oxygen atoms in total. The number of hydrogen-bond donors (Lipinski definition) is 1.